The van der Waals surface area contributed by atoms with E-state index in [4.69, 9.17) is 14.2 Å². The van der Waals surface area contributed by atoms with E-state index in [-0.39, 0.29) is 18.7 Å². The monoisotopic (exact) mass is 248 g/mol. The first kappa shape index (κ1) is 16.3. The van der Waals surface area contributed by atoms with Gasteiger partial charge in [-0.1, -0.05) is 0 Å². The van der Waals surface area contributed by atoms with Crippen LogP contribution in [-0.2, 0) is 19.0 Å². The lowest BCUT2D eigenvalue weighted by Gasteiger charge is -2.17. The molecule has 0 aromatic heterocycles. The van der Waals surface area contributed by atoms with Crippen molar-refractivity contribution in [1.29, 1.82) is 0 Å². The number of carbonyl (C=O) groups excluding carboxylic acids is 1. The second-order valence-corrected chi connectivity index (χ2v) is 3.31. The van der Waals surface area contributed by atoms with Crippen LogP contribution in [0.2, 0.25) is 0 Å². The molecule has 0 rings (SSSR count). The Kier molecular flexibility index (Phi) is 11.3. The van der Waals surface area contributed by atoms with Gasteiger partial charge in [0, 0.05) is 33.4 Å². The molecule has 0 spiro atoms. The van der Waals surface area contributed by atoms with Gasteiger partial charge in [-0.2, -0.15) is 0 Å². The Morgan fingerprint density at radius 1 is 1.24 bits per heavy atom. The molecule has 6 heteroatoms. The van der Waals surface area contributed by atoms with E-state index in [1.807, 2.05) is 13.8 Å². The molecular formula is C11H24N2O4. The van der Waals surface area contributed by atoms with Gasteiger partial charge in [0.2, 0.25) is 5.91 Å². The molecule has 0 heterocycles. The van der Waals surface area contributed by atoms with Crippen molar-refractivity contribution < 1.29 is 19.0 Å². The van der Waals surface area contributed by atoms with Crippen LogP contribution in [0.25, 0.3) is 0 Å². The summed E-state index contributed by atoms with van der Waals surface area (Å²) in [5.41, 5.74) is 0. The van der Waals surface area contributed by atoms with E-state index in [0.29, 0.717) is 32.9 Å². The Balaban J connectivity index is 3.54. The summed E-state index contributed by atoms with van der Waals surface area (Å²) in [6.45, 7) is 6.79. The van der Waals surface area contributed by atoms with Crippen LogP contribution < -0.4 is 10.6 Å². The van der Waals surface area contributed by atoms with Gasteiger partial charge in [-0.15, -0.1) is 0 Å². The van der Waals surface area contributed by atoms with Crippen molar-refractivity contribution in [3.63, 3.8) is 0 Å². The third kappa shape index (κ3) is 10.2. The fraction of sp³-hybridized carbons (Fsp3) is 0.909. The highest BCUT2D eigenvalue weighted by Gasteiger charge is 2.08. The van der Waals surface area contributed by atoms with Gasteiger partial charge in [0.05, 0.1) is 13.2 Å². The SMILES string of the molecule is CCOC(CNCC(=O)NCCOC)OCC. The Morgan fingerprint density at radius 3 is 2.41 bits per heavy atom. The summed E-state index contributed by atoms with van der Waals surface area (Å²) < 4.78 is 15.5. The van der Waals surface area contributed by atoms with Crippen LogP contribution >= 0.6 is 0 Å². The highest BCUT2D eigenvalue weighted by molar-refractivity contribution is 5.77. The number of hydrogen-bond acceptors (Lipinski definition) is 5. The van der Waals surface area contributed by atoms with Crippen molar-refractivity contribution in [2.75, 3.05) is 46.6 Å². The molecule has 0 aliphatic carbocycles. The zero-order valence-corrected chi connectivity index (χ0v) is 11.0. The number of carbonyl (C=O) groups is 1. The second-order valence-electron chi connectivity index (χ2n) is 3.31. The molecular weight excluding hydrogens is 224 g/mol. The molecule has 1 amide bonds. The minimum Gasteiger partial charge on any atom is -0.383 e. The number of rotatable bonds is 11. The van der Waals surface area contributed by atoms with E-state index in [1.165, 1.54) is 0 Å². The molecule has 0 saturated heterocycles. The summed E-state index contributed by atoms with van der Waals surface area (Å²) in [4.78, 5) is 11.3. The number of methoxy groups -OCH3 is 1. The van der Waals surface area contributed by atoms with Crippen LogP contribution in [0.1, 0.15) is 13.8 Å². The van der Waals surface area contributed by atoms with Gasteiger partial charge < -0.3 is 24.8 Å². The smallest absolute Gasteiger partial charge is 0.234 e. The molecule has 0 saturated carbocycles. The summed E-state index contributed by atoms with van der Waals surface area (Å²) in [6.07, 6.45) is -0.295. The standard InChI is InChI=1S/C11H24N2O4/c1-4-16-11(17-5-2)9-12-8-10(14)13-6-7-15-3/h11-12H,4-9H2,1-3H3,(H,13,14). The molecule has 0 bridgehead atoms. The maximum atomic E-state index is 11.3. The largest absolute Gasteiger partial charge is 0.383 e. The third-order valence-corrected chi connectivity index (χ3v) is 1.93. The topological polar surface area (TPSA) is 68.8 Å². The van der Waals surface area contributed by atoms with Gasteiger partial charge in [-0.05, 0) is 13.8 Å². The number of amides is 1. The minimum absolute atomic E-state index is 0.0613. The molecule has 0 aliphatic rings. The first-order chi connectivity index (χ1) is 8.24. The molecule has 102 valence electrons. The lowest BCUT2D eigenvalue weighted by atomic mass is 10.5. The van der Waals surface area contributed by atoms with Gasteiger partial charge in [0.1, 0.15) is 0 Å². The molecule has 0 atom stereocenters. The van der Waals surface area contributed by atoms with Crippen molar-refractivity contribution in [3.8, 4) is 0 Å². The quantitative estimate of drug-likeness (QED) is 0.389. The van der Waals surface area contributed by atoms with Gasteiger partial charge in [0.25, 0.3) is 0 Å². The Morgan fingerprint density at radius 2 is 1.88 bits per heavy atom. The van der Waals surface area contributed by atoms with E-state index in [9.17, 15) is 4.79 Å². The van der Waals surface area contributed by atoms with Crippen LogP contribution in [0.3, 0.4) is 0 Å². The van der Waals surface area contributed by atoms with Crippen molar-refractivity contribution in [2.24, 2.45) is 0 Å². The van der Waals surface area contributed by atoms with Gasteiger partial charge in [-0.3, -0.25) is 4.79 Å². The average molecular weight is 248 g/mol. The molecule has 0 fully saturated rings. The lowest BCUT2D eigenvalue weighted by molar-refractivity contribution is -0.134. The second kappa shape index (κ2) is 11.8. The van der Waals surface area contributed by atoms with Crippen molar-refractivity contribution in [3.05, 3.63) is 0 Å². The highest BCUT2D eigenvalue weighted by atomic mass is 16.7. The van der Waals surface area contributed by atoms with E-state index in [2.05, 4.69) is 10.6 Å². The first-order valence-corrected chi connectivity index (χ1v) is 5.94. The average Bonchev–Trinajstić information content (AvgIpc) is 2.30. The van der Waals surface area contributed by atoms with Crippen molar-refractivity contribution in [1.82, 2.24) is 10.6 Å². The van der Waals surface area contributed by atoms with Crippen LogP contribution in [0.4, 0.5) is 0 Å². The lowest BCUT2D eigenvalue weighted by Crippen LogP contribution is -2.39. The van der Waals surface area contributed by atoms with Crippen LogP contribution in [0.15, 0.2) is 0 Å². The zero-order chi connectivity index (χ0) is 12.9. The molecule has 0 aromatic carbocycles. The first-order valence-electron chi connectivity index (χ1n) is 5.94. The van der Waals surface area contributed by atoms with Crippen LogP contribution in [0.5, 0.6) is 0 Å². The van der Waals surface area contributed by atoms with E-state index in [1.54, 1.807) is 7.11 Å². The Labute approximate surface area is 103 Å². The number of nitrogens with one attached hydrogen (secondary N) is 2. The normalized spacial score (nSPS) is 10.8. The predicted molar refractivity (Wildman–Crippen MR) is 64.8 cm³/mol. The van der Waals surface area contributed by atoms with Gasteiger partial charge in [-0.25, -0.2) is 0 Å². The van der Waals surface area contributed by atoms with Crippen LogP contribution in [-0.4, -0.2) is 58.8 Å². The predicted octanol–water partition coefficient (Wildman–Crippen LogP) is -0.262. The molecule has 0 aliphatic heterocycles. The minimum atomic E-state index is -0.295. The molecule has 2 N–H and O–H groups in total. The van der Waals surface area contributed by atoms with Crippen molar-refractivity contribution in [2.45, 2.75) is 20.1 Å². The summed E-state index contributed by atoms with van der Waals surface area (Å²) in [7, 11) is 1.60. The number of ether oxygens (including phenoxy) is 3. The zero-order valence-electron chi connectivity index (χ0n) is 11.0. The Bertz CT molecular complexity index is 184. The molecule has 0 aromatic rings. The van der Waals surface area contributed by atoms with Crippen LogP contribution in [0, 0.1) is 0 Å². The summed E-state index contributed by atoms with van der Waals surface area (Å²) in [5, 5.41) is 5.69. The fourth-order valence-electron chi connectivity index (χ4n) is 1.20. The summed E-state index contributed by atoms with van der Waals surface area (Å²) in [5.74, 6) is -0.0613. The summed E-state index contributed by atoms with van der Waals surface area (Å²) in [6, 6.07) is 0. The van der Waals surface area contributed by atoms with Gasteiger partial charge in [0.15, 0.2) is 6.29 Å². The number of hydrogen-bond donors (Lipinski definition) is 2. The summed E-state index contributed by atoms with van der Waals surface area (Å²) >= 11 is 0. The van der Waals surface area contributed by atoms with Gasteiger partial charge >= 0.3 is 0 Å². The molecule has 17 heavy (non-hydrogen) atoms. The third-order valence-electron chi connectivity index (χ3n) is 1.93. The molecule has 6 nitrogen and oxygen atoms in total. The molecule has 0 unspecified atom stereocenters. The Hall–Kier alpha value is -0.690. The highest BCUT2D eigenvalue weighted by Crippen LogP contribution is 1.92. The maximum absolute atomic E-state index is 11.3. The van der Waals surface area contributed by atoms with E-state index >= 15 is 0 Å². The molecule has 0 radical (unpaired) electrons. The maximum Gasteiger partial charge on any atom is 0.234 e. The fourth-order valence-corrected chi connectivity index (χ4v) is 1.20. The van der Waals surface area contributed by atoms with Crippen molar-refractivity contribution >= 4 is 5.91 Å². The van der Waals surface area contributed by atoms with E-state index < -0.39 is 0 Å². The van der Waals surface area contributed by atoms with E-state index in [0.717, 1.165) is 0 Å².